The Kier molecular flexibility index (Phi) is 8.81. The van der Waals surface area contributed by atoms with Crippen molar-refractivity contribution in [2.75, 3.05) is 0 Å². The Morgan fingerprint density at radius 1 is 1.14 bits per heavy atom. The summed E-state index contributed by atoms with van der Waals surface area (Å²) >= 11 is 17.6. The molecule has 0 rings (SSSR count). The Balaban J connectivity index is 5.20. The van der Waals surface area contributed by atoms with Gasteiger partial charge in [-0.15, -0.1) is 0 Å². The van der Waals surface area contributed by atoms with E-state index < -0.39 is 27.1 Å². The normalized spacial score (nSPS) is 14.7. The standard InChI is InChI=1S/C15H23Cl3O4/c1-4-5-6-7-10(12(19)20)8-9-11(13(21)22)14(2,3)15(16,17)18/h8,11H,4-7,9H2,1-3H3,(H,19,20)(H,21,22). The molecule has 0 saturated carbocycles. The molecule has 0 bridgehead atoms. The number of unbranched alkanes of at least 4 members (excludes halogenated alkanes) is 2. The van der Waals surface area contributed by atoms with Crippen LogP contribution in [-0.2, 0) is 9.59 Å². The summed E-state index contributed by atoms with van der Waals surface area (Å²) < 4.78 is -1.77. The number of aliphatic carboxylic acids is 2. The predicted molar refractivity (Wildman–Crippen MR) is 89.7 cm³/mol. The van der Waals surface area contributed by atoms with E-state index in [4.69, 9.17) is 34.8 Å². The fourth-order valence-electron chi connectivity index (χ4n) is 2.02. The number of hydrogen-bond acceptors (Lipinski definition) is 2. The van der Waals surface area contributed by atoms with Crippen molar-refractivity contribution in [2.24, 2.45) is 11.3 Å². The lowest BCUT2D eigenvalue weighted by Gasteiger charge is -2.37. The van der Waals surface area contributed by atoms with E-state index >= 15 is 0 Å². The Morgan fingerprint density at radius 2 is 1.68 bits per heavy atom. The van der Waals surface area contributed by atoms with Gasteiger partial charge in [0.25, 0.3) is 0 Å². The summed E-state index contributed by atoms with van der Waals surface area (Å²) in [5, 5.41) is 18.6. The smallest absolute Gasteiger partial charge is 0.331 e. The van der Waals surface area contributed by atoms with E-state index in [1.807, 2.05) is 6.92 Å². The molecular weight excluding hydrogens is 351 g/mol. The lowest BCUT2D eigenvalue weighted by Crippen LogP contribution is -2.41. The van der Waals surface area contributed by atoms with Crippen LogP contribution in [0.15, 0.2) is 11.6 Å². The highest BCUT2D eigenvalue weighted by Crippen LogP contribution is 2.50. The molecule has 0 fully saturated rings. The summed E-state index contributed by atoms with van der Waals surface area (Å²) in [5.41, 5.74) is -0.938. The van der Waals surface area contributed by atoms with Gasteiger partial charge in [-0.2, -0.15) is 0 Å². The van der Waals surface area contributed by atoms with Gasteiger partial charge in [0.1, 0.15) is 0 Å². The van der Waals surface area contributed by atoms with Gasteiger partial charge in [0.05, 0.1) is 5.92 Å². The zero-order chi connectivity index (χ0) is 17.6. The van der Waals surface area contributed by atoms with Crippen LogP contribution in [-0.4, -0.2) is 25.9 Å². The van der Waals surface area contributed by atoms with Crippen molar-refractivity contribution in [1.29, 1.82) is 0 Å². The summed E-state index contributed by atoms with van der Waals surface area (Å²) in [5.74, 6) is -3.15. The molecule has 0 aliphatic heterocycles. The third kappa shape index (κ3) is 6.35. The van der Waals surface area contributed by atoms with Crippen molar-refractivity contribution in [2.45, 2.75) is 56.7 Å². The molecule has 0 aromatic heterocycles. The molecule has 0 aromatic rings. The van der Waals surface area contributed by atoms with Gasteiger partial charge in [0, 0.05) is 11.0 Å². The second-order valence-corrected chi connectivity index (χ2v) is 8.12. The molecule has 22 heavy (non-hydrogen) atoms. The highest BCUT2D eigenvalue weighted by atomic mass is 35.6. The van der Waals surface area contributed by atoms with Gasteiger partial charge in [-0.1, -0.05) is 74.5 Å². The molecule has 0 aliphatic carbocycles. The van der Waals surface area contributed by atoms with E-state index in [0.717, 1.165) is 19.3 Å². The molecule has 0 radical (unpaired) electrons. The molecule has 4 nitrogen and oxygen atoms in total. The highest BCUT2D eigenvalue weighted by Gasteiger charge is 2.49. The van der Waals surface area contributed by atoms with Crippen LogP contribution in [0.1, 0.15) is 52.9 Å². The summed E-state index contributed by atoms with van der Waals surface area (Å²) in [7, 11) is 0. The Morgan fingerprint density at radius 3 is 2.05 bits per heavy atom. The van der Waals surface area contributed by atoms with Gasteiger partial charge in [-0.25, -0.2) is 4.79 Å². The summed E-state index contributed by atoms with van der Waals surface area (Å²) in [6, 6.07) is 0. The first kappa shape index (κ1) is 21.6. The fourth-order valence-corrected chi connectivity index (χ4v) is 2.42. The minimum atomic E-state index is -1.77. The van der Waals surface area contributed by atoms with Gasteiger partial charge in [-0.3, -0.25) is 4.79 Å². The number of hydrogen-bond donors (Lipinski definition) is 2. The van der Waals surface area contributed by atoms with Crippen molar-refractivity contribution >= 4 is 46.7 Å². The van der Waals surface area contributed by atoms with Gasteiger partial charge < -0.3 is 10.2 Å². The predicted octanol–water partition coefficient (Wildman–Crippen LogP) is 5.07. The number of allylic oxidation sites excluding steroid dienone is 1. The first-order chi connectivity index (χ1) is 9.95. The van der Waals surface area contributed by atoms with Crippen molar-refractivity contribution < 1.29 is 19.8 Å². The number of carbonyl (C=O) groups is 2. The van der Waals surface area contributed by atoms with Crippen LogP contribution in [0.5, 0.6) is 0 Å². The first-order valence-corrected chi connectivity index (χ1v) is 8.30. The summed E-state index contributed by atoms with van der Waals surface area (Å²) in [6.45, 7) is 5.11. The quantitative estimate of drug-likeness (QED) is 0.336. The fraction of sp³-hybridized carbons (Fsp3) is 0.733. The van der Waals surface area contributed by atoms with Crippen LogP contribution in [0.2, 0.25) is 0 Å². The Bertz CT molecular complexity index is 425. The van der Waals surface area contributed by atoms with Crippen LogP contribution in [0.3, 0.4) is 0 Å². The molecule has 0 aliphatic rings. The molecular formula is C15H23Cl3O4. The maximum atomic E-state index is 11.5. The van der Waals surface area contributed by atoms with Crippen molar-refractivity contribution in [3.05, 3.63) is 11.6 Å². The summed E-state index contributed by atoms with van der Waals surface area (Å²) in [6.07, 6.45) is 4.50. The zero-order valence-electron chi connectivity index (χ0n) is 13.0. The van der Waals surface area contributed by atoms with Gasteiger partial charge in [0.15, 0.2) is 3.79 Å². The average molecular weight is 374 g/mol. The van der Waals surface area contributed by atoms with Crippen LogP contribution in [0, 0.1) is 11.3 Å². The van der Waals surface area contributed by atoms with Crippen LogP contribution >= 0.6 is 34.8 Å². The minimum Gasteiger partial charge on any atom is -0.481 e. The van der Waals surface area contributed by atoms with Gasteiger partial charge in [-0.05, 0) is 19.3 Å². The molecule has 1 atom stereocenters. The molecule has 128 valence electrons. The topological polar surface area (TPSA) is 74.6 Å². The van der Waals surface area contributed by atoms with Crippen molar-refractivity contribution in [3.8, 4) is 0 Å². The van der Waals surface area contributed by atoms with Gasteiger partial charge >= 0.3 is 11.9 Å². The van der Waals surface area contributed by atoms with Crippen molar-refractivity contribution in [3.63, 3.8) is 0 Å². The van der Waals surface area contributed by atoms with Crippen LogP contribution in [0.4, 0.5) is 0 Å². The third-order valence-corrected chi connectivity index (χ3v) is 5.29. The number of carboxylic acids is 2. The molecule has 2 N–H and O–H groups in total. The first-order valence-electron chi connectivity index (χ1n) is 7.17. The average Bonchev–Trinajstić information content (AvgIpc) is 2.34. The lowest BCUT2D eigenvalue weighted by molar-refractivity contribution is -0.145. The molecule has 1 unspecified atom stereocenters. The minimum absolute atomic E-state index is 0.00397. The molecule has 0 amide bonds. The maximum absolute atomic E-state index is 11.5. The number of alkyl halides is 3. The zero-order valence-corrected chi connectivity index (χ0v) is 15.3. The van der Waals surface area contributed by atoms with E-state index in [-0.39, 0.29) is 12.0 Å². The molecule has 0 saturated heterocycles. The monoisotopic (exact) mass is 372 g/mol. The van der Waals surface area contributed by atoms with Crippen LogP contribution in [0.25, 0.3) is 0 Å². The number of carboxylic acid groups (broad SMARTS) is 2. The second kappa shape index (κ2) is 8.99. The van der Waals surface area contributed by atoms with E-state index in [1.165, 1.54) is 6.08 Å². The lowest BCUT2D eigenvalue weighted by atomic mass is 9.77. The molecule has 7 heteroatoms. The van der Waals surface area contributed by atoms with E-state index in [9.17, 15) is 19.8 Å². The number of halogens is 3. The summed E-state index contributed by atoms with van der Waals surface area (Å²) in [4.78, 5) is 22.7. The van der Waals surface area contributed by atoms with E-state index in [1.54, 1.807) is 13.8 Å². The number of rotatable bonds is 9. The van der Waals surface area contributed by atoms with Gasteiger partial charge in [0.2, 0.25) is 0 Å². The Labute approximate surface area is 146 Å². The largest absolute Gasteiger partial charge is 0.481 e. The second-order valence-electron chi connectivity index (χ2n) is 5.84. The third-order valence-electron chi connectivity index (χ3n) is 3.82. The van der Waals surface area contributed by atoms with E-state index in [2.05, 4.69) is 0 Å². The SMILES string of the molecule is CCCCCC(=CCC(C(=O)O)C(C)(C)C(Cl)(Cl)Cl)C(=O)O. The van der Waals surface area contributed by atoms with E-state index in [0.29, 0.717) is 6.42 Å². The Hall–Kier alpha value is -0.450. The maximum Gasteiger partial charge on any atom is 0.331 e. The van der Waals surface area contributed by atoms with Crippen LogP contribution < -0.4 is 0 Å². The molecule has 0 aromatic carbocycles. The molecule has 0 heterocycles. The molecule has 0 spiro atoms. The highest BCUT2D eigenvalue weighted by molar-refractivity contribution is 6.68. The van der Waals surface area contributed by atoms with Crippen molar-refractivity contribution in [1.82, 2.24) is 0 Å².